The molecule has 1 amide bonds. The first-order valence-electron chi connectivity index (χ1n) is 8.34. The van der Waals surface area contributed by atoms with Crippen molar-refractivity contribution in [3.05, 3.63) is 53.9 Å². The van der Waals surface area contributed by atoms with Gasteiger partial charge in [-0.3, -0.25) is 9.89 Å². The van der Waals surface area contributed by atoms with Crippen molar-refractivity contribution in [2.24, 2.45) is 5.92 Å². The maximum atomic E-state index is 11.9. The molecule has 1 aromatic heterocycles. The summed E-state index contributed by atoms with van der Waals surface area (Å²) in [7, 11) is 0. The maximum Gasteiger partial charge on any atom is 0.254 e. The van der Waals surface area contributed by atoms with Crippen molar-refractivity contribution < 1.29 is 4.79 Å². The molecule has 0 aliphatic carbocycles. The van der Waals surface area contributed by atoms with Gasteiger partial charge in [0.25, 0.3) is 5.91 Å². The SMILES string of the molecule is O=C(NCC1CCN(CCc2ccccc2)CC1)c1cn[nH]c1. The zero-order valence-electron chi connectivity index (χ0n) is 13.4. The van der Waals surface area contributed by atoms with Crippen LogP contribution in [0.1, 0.15) is 28.8 Å². The van der Waals surface area contributed by atoms with Crippen molar-refractivity contribution >= 4 is 5.91 Å². The van der Waals surface area contributed by atoms with Gasteiger partial charge in [0.15, 0.2) is 0 Å². The van der Waals surface area contributed by atoms with E-state index in [9.17, 15) is 4.79 Å². The van der Waals surface area contributed by atoms with Gasteiger partial charge in [0.05, 0.1) is 11.8 Å². The van der Waals surface area contributed by atoms with Gasteiger partial charge in [0.1, 0.15) is 0 Å². The van der Waals surface area contributed by atoms with Gasteiger partial charge in [0.2, 0.25) is 0 Å². The fourth-order valence-corrected chi connectivity index (χ4v) is 3.06. The topological polar surface area (TPSA) is 61.0 Å². The van der Waals surface area contributed by atoms with Crippen molar-refractivity contribution in [1.29, 1.82) is 0 Å². The Bertz CT molecular complexity index is 589. The number of hydrogen-bond acceptors (Lipinski definition) is 3. The number of likely N-dealkylation sites (tertiary alicyclic amines) is 1. The number of benzene rings is 1. The van der Waals surface area contributed by atoms with Gasteiger partial charge >= 0.3 is 0 Å². The van der Waals surface area contributed by atoms with E-state index in [1.54, 1.807) is 12.4 Å². The Morgan fingerprint density at radius 1 is 1.26 bits per heavy atom. The molecule has 5 heteroatoms. The zero-order chi connectivity index (χ0) is 15.9. The summed E-state index contributed by atoms with van der Waals surface area (Å²) in [6.07, 6.45) is 6.60. The predicted octanol–water partition coefficient (Wildman–Crippen LogP) is 2.09. The van der Waals surface area contributed by atoms with Gasteiger partial charge in [0, 0.05) is 19.3 Å². The molecule has 2 N–H and O–H groups in total. The number of carbonyl (C=O) groups excluding carboxylic acids is 1. The van der Waals surface area contributed by atoms with Crippen molar-refractivity contribution in [2.75, 3.05) is 26.2 Å². The highest BCUT2D eigenvalue weighted by molar-refractivity contribution is 5.93. The average molecular weight is 312 g/mol. The van der Waals surface area contributed by atoms with Gasteiger partial charge in [-0.25, -0.2) is 0 Å². The minimum atomic E-state index is -0.0368. The molecule has 0 atom stereocenters. The standard InChI is InChI=1S/C18H24N4O/c23-18(17-13-20-21-14-17)19-12-16-7-10-22(11-8-16)9-6-15-4-2-1-3-5-15/h1-5,13-14,16H,6-12H2,(H,19,23)(H,20,21). The molecule has 1 aliphatic rings. The molecule has 2 aromatic rings. The highest BCUT2D eigenvalue weighted by Gasteiger charge is 2.19. The maximum absolute atomic E-state index is 11.9. The number of rotatable bonds is 6. The molecule has 122 valence electrons. The minimum Gasteiger partial charge on any atom is -0.352 e. The number of hydrogen-bond donors (Lipinski definition) is 2. The molecule has 23 heavy (non-hydrogen) atoms. The molecule has 1 aliphatic heterocycles. The van der Waals surface area contributed by atoms with E-state index in [2.05, 4.69) is 50.7 Å². The highest BCUT2D eigenvalue weighted by atomic mass is 16.1. The van der Waals surface area contributed by atoms with Crippen LogP contribution in [-0.4, -0.2) is 47.2 Å². The Balaban J connectivity index is 1.34. The van der Waals surface area contributed by atoms with Gasteiger partial charge in [-0.05, 0) is 43.8 Å². The summed E-state index contributed by atoms with van der Waals surface area (Å²) in [5, 5.41) is 9.48. The number of H-pyrrole nitrogens is 1. The quantitative estimate of drug-likeness (QED) is 0.858. The lowest BCUT2D eigenvalue weighted by Gasteiger charge is -2.32. The van der Waals surface area contributed by atoms with Crippen LogP contribution >= 0.6 is 0 Å². The number of nitrogens with one attached hydrogen (secondary N) is 2. The van der Waals surface area contributed by atoms with Gasteiger partial charge in [-0.1, -0.05) is 30.3 Å². The molecule has 0 bridgehead atoms. The van der Waals surface area contributed by atoms with Crippen molar-refractivity contribution in [1.82, 2.24) is 20.4 Å². The first-order chi connectivity index (χ1) is 11.3. The Labute approximate surface area is 137 Å². The van der Waals surface area contributed by atoms with Crippen LogP contribution in [0.25, 0.3) is 0 Å². The fraction of sp³-hybridized carbons (Fsp3) is 0.444. The number of aromatic nitrogens is 2. The molecular formula is C18H24N4O. The van der Waals surface area contributed by atoms with E-state index in [0.717, 1.165) is 45.4 Å². The van der Waals surface area contributed by atoms with E-state index in [0.29, 0.717) is 11.5 Å². The molecule has 0 unspecified atom stereocenters. The first kappa shape index (κ1) is 15.7. The largest absolute Gasteiger partial charge is 0.352 e. The molecule has 1 aromatic carbocycles. The lowest BCUT2D eigenvalue weighted by atomic mass is 9.96. The Hall–Kier alpha value is -2.14. The van der Waals surface area contributed by atoms with Crippen LogP contribution in [0.4, 0.5) is 0 Å². The van der Waals surface area contributed by atoms with E-state index in [1.807, 2.05) is 0 Å². The summed E-state index contributed by atoms with van der Waals surface area (Å²) in [5.41, 5.74) is 2.01. The number of carbonyl (C=O) groups is 1. The summed E-state index contributed by atoms with van der Waals surface area (Å²) < 4.78 is 0. The highest BCUT2D eigenvalue weighted by Crippen LogP contribution is 2.17. The number of nitrogens with zero attached hydrogens (tertiary/aromatic N) is 2. The van der Waals surface area contributed by atoms with Crippen LogP contribution in [0.5, 0.6) is 0 Å². The third kappa shape index (κ3) is 4.66. The normalized spacial score (nSPS) is 16.3. The van der Waals surface area contributed by atoms with Gasteiger partial charge in [-0.2, -0.15) is 5.10 Å². The van der Waals surface area contributed by atoms with Crippen LogP contribution in [-0.2, 0) is 6.42 Å². The molecular weight excluding hydrogens is 288 g/mol. The van der Waals surface area contributed by atoms with Crippen LogP contribution in [0, 0.1) is 5.92 Å². The first-order valence-corrected chi connectivity index (χ1v) is 8.34. The second kappa shape index (κ2) is 7.92. The monoisotopic (exact) mass is 312 g/mol. The lowest BCUT2D eigenvalue weighted by molar-refractivity contribution is 0.0936. The summed E-state index contributed by atoms with van der Waals surface area (Å²) in [6, 6.07) is 10.7. The third-order valence-electron chi connectivity index (χ3n) is 4.58. The number of piperidine rings is 1. The zero-order valence-corrected chi connectivity index (χ0v) is 13.4. The Morgan fingerprint density at radius 3 is 2.74 bits per heavy atom. The molecule has 0 spiro atoms. The predicted molar refractivity (Wildman–Crippen MR) is 90.2 cm³/mol. The van der Waals surface area contributed by atoms with E-state index in [-0.39, 0.29) is 5.91 Å². The molecule has 1 fully saturated rings. The average Bonchev–Trinajstić information content (AvgIpc) is 3.14. The molecule has 0 radical (unpaired) electrons. The van der Waals surface area contributed by atoms with Crippen LogP contribution in [0.3, 0.4) is 0 Å². The van der Waals surface area contributed by atoms with Crippen LogP contribution in [0.2, 0.25) is 0 Å². The third-order valence-corrected chi connectivity index (χ3v) is 4.58. The van der Waals surface area contributed by atoms with E-state index in [1.165, 1.54) is 5.56 Å². The lowest BCUT2D eigenvalue weighted by Crippen LogP contribution is -2.39. The van der Waals surface area contributed by atoms with E-state index in [4.69, 9.17) is 0 Å². The number of amides is 1. The summed E-state index contributed by atoms with van der Waals surface area (Å²) in [5.74, 6) is 0.545. The number of aromatic amines is 1. The summed E-state index contributed by atoms with van der Waals surface area (Å²) in [6.45, 7) is 4.13. The van der Waals surface area contributed by atoms with Crippen molar-refractivity contribution in [3.63, 3.8) is 0 Å². The summed E-state index contributed by atoms with van der Waals surface area (Å²) in [4.78, 5) is 14.4. The van der Waals surface area contributed by atoms with Gasteiger partial charge < -0.3 is 10.2 Å². The Kier molecular flexibility index (Phi) is 5.42. The Morgan fingerprint density at radius 2 is 2.04 bits per heavy atom. The van der Waals surface area contributed by atoms with E-state index >= 15 is 0 Å². The molecule has 2 heterocycles. The van der Waals surface area contributed by atoms with Gasteiger partial charge in [-0.15, -0.1) is 0 Å². The van der Waals surface area contributed by atoms with Crippen molar-refractivity contribution in [2.45, 2.75) is 19.3 Å². The molecule has 3 rings (SSSR count). The smallest absolute Gasteiger partial charge is 0.254 e. The second-order valence-electron chi connectivity index (χ2n) is 6.22. The van der Waals surface area contributed by atoms with E-state index < -0.39 is 0 Å². The molecule has 5 nitrogen and oxygen atoms in total. The molecule has 1 saturated heterocycles. The molecule has 0 saturated carbocycles. The van der Waals surface area contributed by atoms with Crippen molar-refractivity contribution in [3.8, 4) is 0 Å². The van der Waals surface area contributed by atoms with Crippen LogP contribution in [0.15, 0.2) is 42.7 Å². The summed E-state index contributed by atoms with van der Waals surface area (Å²) >= 11 is 0. The minimum absolute atomic E-state index is 0.0368. The fourth-order valence-electron chi connectivity index (χ4n) is 3.06. The second-order valence-corrected chi connectivity index (χ2v) is 6.22. The van der Waals surface area contributed by atoms with Crippen LogP contribution < -0.4 is 5.32 Å².